The molecule has 0 aliphatic carbocycles. The molecule has 2 heterocycles. The van der Waals surface area contributed by atoms with Crippen LogP contribution in [-0.2, 0) is 11.3 Å². The highest BCUT2D eigenvalue weighted by Gasteiger charge is 2.17. The fraction of sp³-hybridized carbons (Fsp3) is 0.438. The normalized spacial score (nSPS) is 20.4. The highest BCUT2D eigenvalue weighted by atomic mass is 16.5. The summed E-state index contributed by atoms with van der Waals surface area (Å²) in [4.78, 5) is 14.3. The molecule has 1 aromatic carbocycles. The molecule has 2 aromatic rings. The van der Waals surface area contributed by atoms with E-state index in [2.05, 4.69) is 17.9 Å². The third kappa shape index (κ3) is 2.62. The second-order valence-electron chi connectivity index (χ2n) is 5.49. The van der Waals surface area contributed by atoms with Crippen LogP contribution in [0.2, 0.25) is 0 Å². The van der Waals surface area contributed by atoms with Crippen molar-refractivity contribution in [1.82, 2.24) is 4.90 Å². The summed E-state index contributed by atoms with van der Waals surface area (Å²) < 4.78 is 11.0. The van der Waals surface area contributed by atoms with Gasteiger partial charge in [-0.2, -0.15) is 0 Å². The lowest BCUT2D eigenvalue weighted by atomic mass is 10.1. The number of hydrogen-bond acceptors (Lipinski definition) is 4. The first-order valence-electron chi connectivity index (χ1n) is 6.98. The van der Waals surface area contributed by atoms with Crippen molar-refractivity contribution in [3.05, 3.63) is 45.8 Å². The maximum Gasteiger partial charge on any atom is 0.192 e. The summed E-state index contributed by atoms with van der Waals surface area (Å²) in [5.41, 5.74) is 2.88. The summed E-state index contributed by atoms with van der Waals surface area (Å²) in [5.74, 6) is 0. The summed E-state index contributed by atoms with van der Waals surface area (Å²) in [6.07, 6.45) is 1.73. The van der Waals surface area contributed by atoms with Gasteiger partial charge < -0.3 is 9.15 Å². The average molecular weight is 273 g/mol. The minimum Gasteiger partial charge on any atom is -0.464 e. The molecule has 106 valence electrons. The Balaban J connectivity index is 1.92. The summed E-state index contributed by atoms with van der Waals surface area (Å²) in [6.45, 7) is 7.56. The first kappa shape index (κ1) is 13.3. The van der Waals surface area contributed by atoms with Gasteiger partial charge in [-0.25, -0.2) is 0 Å². The van der Waals surface area contributed by atoms with E-state index in [4.69, 9.17) is 9.15 Å². The molecule has 1 aromatic heterocycles. The number of hydrogen-bond donors (Lipinski definition) is 0. The van der Waals surface area contributed by atoms with Crippen LogP contribution in [0.1, 0.15) is 18.1 Å². The number of nitrogens with zero attached hydrogens (tertiary/aromatic N) is 1. The molecule has 1 atom stereocenters. The molecular formula is C16H19NO3. The van der Waals surface area contributed by atoms with Crippen LogP contribution in [0.4, 0.5) is 0 Å². The molecule has 3 rings (SSSR count). The molecule has 1 aliphatic rings. The van der Waals surface area contributed by atoms with Gasteiger partial charge in [0, 0.05) is 25.7 Å². The molecule has 0 spiro atoms. The van der Waals surface area contributed by atoms with Crippen molar-refractivity contribution in [2.24, 2.45) is 0 Å². The van der Waals surface area contributed by atoms with Gasteiger partial charge in [0.25, 0.3) is 0 Å². The molecular weight excluding hydrogens is 254 g/mol. The van der Waals surface area contributed by atoms with E-state index in [1.54, 1.807) is 0 Å². The zero-order valence-electron chi connectivity index (χ0n) is 11.9. The number of ether oxygens (including phenoxy) is 1. The molecule has 0 unspecified atom stereocenters. The van der Waals surface area contributed by atoms with Crippen LogP contribution < -0.4 is 5.43 Å². The Kier molecular flexibility index (Phi) is 3.59. The Morgan fingerprint density at radius 2 is 2.25 bits per heavy atom. The summed E-state index contributed by atoms with van der Waals surface area (Å²) in [7, 11) is 0. The van der Waals surface area contributed by atoms with Crippen molar-refractivity contribution in [2.75, 3.05) is 19.7 Å². The largest absolute Gasteiger partial charge is 0.464 e. The fourth-order valence-electron chi connectivity index (χ4n) is 2.83. The van der Waals surface area contributed by atoms with E-state index in [9.17, 15) is 4.79 Å². The predicted molar refractivity (Wildman–Crippen MR) is 77.9 cm³/mol. The minimum absolute atomic E-state index is 0.0199. The van der Waals surface area contributed by atoms with Crippen molar-refractivity contribution in [1.29, 1.82) is 0 Å². The predicted octanol–water partition coefficient (Wildman–Crippen LogP) is 2.32. The lowest BCUT2D eigenvalue weighted by Crippen LogP contribution is -2.40. The number of benzene rings is 1. The van der Waals surface area contributed by atoms with E-state index in [0.29, 0.717) is 11.0 Å². The highest BCUT2D eigenvalue weighted by molar-refractivity contribution is 5.80. The van der Waals surface area contributed by atoms with Crippen LogP contribution in [-0.4, -0.2) is 30.7 Å². The number of aryl methyl sites for hydroxylation is 1. The Labute approximate surface area is 118 Å². The van der Waals surface area contributed by atoms with Crippen LogP contribution >= 0.6 is 0 Å². The standard InChI is InChI=1S/C16H19NO3/c1-11-7-13(10-17-4-6-19-12(2)9-17)8-14-15(18)3-5-20-16(11)14/h3,5,7-8,12H,4,6,9-10H2,1-2H3/t12-/m1/s1. The van der Waals surface area contributed by atoms with Crippen molar-refractivity contribution >= 4 is 11.0 Å². The monoisotopic (exact) mass is 273 g/mol. The maximum absolute atomic E-state index is 11.9. The van der Waals surface area contributed by atoms with Gasteiger partial charge in [0.2, 0.25) is 0 Å². The minimum atomic E-state index is 0.0199. The quantitative estimate of drug-likeness (QED) is 0.842. The molecule has 0 saturated carbocycles. The summed E-state index contributed by atoms with van der Waals surface area (Å²) >= 11 is 0. The average Bonchev–Trinajstić information content (AvgIpc) is 2.40. The van der Waals surface area contributed by atoms with Crippen LogP contribution in [0, 0.1) is 6.92 Å². The summed E-state index contributed by atoms with van der Waals surface area (Å²) in [5, 5.41) is 0.670. The molecule has 0 bridgehead atoms. The lowest BCUT2D eigenvalue weighted by molar-refractivity contribution is -0.0212. The topological polar surface area (TPSA) is 42.7 Å². The van der Waals surface area contributed by atoms with Gasteiger partial charge in [-0.05, 0) is 31.0 Å². The maximum atomic E-state index is 11.9. The molecule has 1 fully saturated rings. The van der Waals surface area contributed by atoms with Gasteiger partial charge in [-0.15, -0.1) is 0 Å². The molecule has 1 saturated heterocycles. The number of fused-ring (bicyclic) bond motifs is 1. The second-order valence-corrected chi connectivity index (χ2v) is 5.49. The van der Waals surface area contributed by atoms with E-state index >= 15 is 0 Å². The Bertz CT molecular complexity index is 677. The second kappa shape index (κ2) is 5.38. The number of rotatable bonds is 2. The third-order valence-electron chi connectivity index (χ3n) is 3.74. The van der Waals surface area contributed by atoms with E-state index < -0.39 is 0 Å². The van der Waals surface area contributed by atoms with Crippen molar-refractivity contribution < 1.29 is 9.15 Å². The molecule has 0 radical (unpaired) electrons. The Hall–Kier alpha value is -1.65. The van der Waals surface area contributed by atoms with E-state index in [1.807, 2.05) is 13.0 Å². The third-order valence-corrected chi connectivity index (χ3v) is 3.74. The lowest BCUT2D eigenvalue weighted by Gasteiger charge is -2.31. The van der Waals surface area contributed by atoms with E-state index in [-0.39, 0.29) is 11.5 Å². The first-order valence-corrected chi connectivity index (χ1v) is 6.98. The summed E-state index contributed by atoms with van der Waals surface area (Å²) in [6, 6.07) is 5.53. The van der Waals surface area contributed by atoms with Crippen molar-refractivity contribution in [3.63, 3.8) is 0 Å². The smallest absolute Gasteiger partial charge is 0.192 e. The van der Waals surface area contributed by atoms with E-state index in [0.717, 1.165) is 37.4 Å². The first-order chi connectivity index (χ1) is 9.63. The van der Waals surface area contributed by atoms with Crippen molar-refractivity contribution in [3.8, 4) is 0 Å². The fourth-order valence-corrected chi connectivity index (χ4v) is 2.83. The molecule has 4 heteroatoms. The number of morpholine rings is 1. The molecule has 0 amide bonds. The SMILES string of the molecule is Cc1cc(CN2CCO[C@H](C)C2)cc2c(=O)ccoc12. The van der Waals surface area contributed by atoms with Gasteiger partial charge in [0.15, 0.2) is 5.43 Å². The molecule has 4 nitrogen and oxygen atoms in total. The molecule has 1 aliphatic heterocycles. The van der Waals surface area contributed by atoms with Crippen LogP contribution in [0.15, 0.2) is 33.7 Å². The van der Waals surface area contributed by atoms with Gasteiger partial charge >= 0.3 is 0 Å². The van der Waals surface area contributed by atoms with Gasteiger partial charge in [0.05, 0.1) is 24.4 Å². The molecule has 20 heavy (non-hydrogen) atoms. The molecule has 0 N–H and O–H groups in total. The van der Waals surface area contributed by atoms with Gasteiger partial charge in [-0.1, -0.05) is 6.07 Å². The van der Waals surface area contributed by atoms with Crippen LogP contribution in [0.3, 0.4) is 0 Å². The zero-order valence-corrected chi connectivity index (χ0v) is 11.9. The Morgan fingerprint density at radius 3 is 3.05 bits per heavy atom. The van der Waals surface area contributed by atoms with Gasteiger partial charge in [0.1, 0.15) is 5.58 Å². The van der Waals surface area contributed by atoms with Crippen LogP contribution in [0.5, 0.6) is 0 Å². The van der Waals surface area contributed by atoms with E-state index in [1.165, 1.54) is 12.3 Å². The zero-order chi connectivity index (χ0) is 14.1. The van der Waals surface area contributed by atoms with Crippen LogP contribution in [0.25, 0.3) is 11.0 Å². The Morgan fingerprint density at radius 1 is 1.40 bits per heavy atom. The van der Waals surface area contributed by atoms with Gasteiger partial charge in [-0.3, -0.25) is 9.69 Å². The highest BCUT2D eigenvalue weighted by Crippen LogP contribution is 2.19. The van der Waals surface area contributed by atoms with Crippen molar-refractivity contribution in [2.45, 2.75) is 26.5 Å².